The molecule has 2 unspecified atom stereocenters. The van der Waals surface area contributed by atoms with Crippen LogP contribution in [0.3, 0.4) is 0 Å². The number of carboxylic acid groups (broad SMARTS) is 1. The van der Waals surface area contributed by atoms with E-state index in [0.717, 1.165) is 0 Å². The third kappa shape index (κ3) is 6.25. The molecule has 1 amide bonds. The number of Topliss-reactive ketones (excluding diaryl/α,β-unsaturated/α-hetero) is 1. The van der Waals surface area contributed by atoms with Crippen LogP contribution in [0.25, 0.3) is 0 Å². The number of halogens is 1. The van der Waals surface area contributed by atoms with Crippen molar-refractivity contribution in [3.63, 3.8) is 0 Å². The van der Waals surface area contributed by atoms with Crippen molar-refractivity contribution in [2.75, 3.05) is 26.9 Å². The molecule has 8 nitrogen and oxygen atoms in total. The SMILES string of the molecule is CNC(CC1C=CC/C=C(/F)C=C1)(CN1CC(=O)c2ccc(CC(=O)O)cc2C1)C(=O)NCO. The molecule has 1 heterocycles. The third-order valence-corrected chi connectivity index (χ3v) is 6.15. The summed E-state index contributed by atoms with van der Waals surface area (Å²) < 4.78 is 13.8. The van der Waals surface area contributed by atoms with E-state index in [0.29, 0.717) is 29.7 Å². The Bertz CT molecular complexity index is 1040. The van der Waals surface area contributed by atoms with Gasteiger partial charge in [0.2, 0.25) is 5.91 Å². The van der Waals surface area contributed by atoms with Crippen molar-refractivity contribution in [3.05, 3.63) is 71.1 Å². The molecule has 0 saturated heterocycles. The van der Waals surface area contributed by atoms with Crippen molar-refractivity contribution in [3.8, 4) is 0 Å². The molecule has 182 valence electrons. The Balaban J connectivity index is 1.87. The predicted octanol–water partition coefficient (Wildman–Crippen LogP) is 1.71. The van der Waals surface area contributed by atoms with Crippen molar-refractivity contribution >= 4 is 17.7 Å². The first-order chi connectivity index (χ1) is 16.3. The Morgan fingerprint density at radius 1 is 1.26 bits per heavy atom. The Labute approximate surface area is 197 Å². The first-order valence-corrected chi connectivity index (χ1v) is 11.1. The highest BCUT2D eigenvalue weighted by atomic mass is 19.1. The molecule has 0 aromatic heterocycles. The molecular formula is C25H30FN3O5. The Hall–Kier alpha value is -3.14. The lowest BCUT2D eigenvalue weighted by molar-refractivity contribution is -0.136. The molecule has 0 radical (unpaired) electrons. The Kier molecular flexibility index (Phi) is 8.49. The van der Waals surface area contributed by atoms with E-state index in [9.17, 15) is 23.9 Å². The number of aliphatic carboxylic acids is 1. The van der Waals surface area contributed by atoms with Crippen molar-refractivity contribution in [2.24, 2.45) is 5.92 Å². The minimum atomic E-state index is -1.18. The lowest BCUT2D eigenvalue weighted by Gasteiger charge is -2.39. The normalized spacial score (nSPS) is 21.6. The fourth-order valence-corrected chi connectivity index (χ4v) is 4.50. The maximum absolute atomic E-state index is 13.8. The van der Waals surface area contributed by atoms with Gasteiger partial charge in [-0.3, -0.25) is 19.3 Å². The number of nitrogens with zero attached hydrogens (tertiary/aromatic N) is 1. The molecule has 1 aromatic rings. The van der Waals surface area contributed by atoms with Gasteiger partial charge in [-0.2, -0.15) is 0 Å². The number of amides is 1. The maximum Gasteiger partial charge on any atom is 0.307 e. The molecule has 0 spiro atoms. The van der Waals surface area contributed by atoms with Crippen LogP contribution in [0.5, 0.6) is 0 Å². The van der Waals surface area contributed by atoms with E-state index in [-0.39, 0.29) is 43.5 Å². The lowest BCUT2D eigenvalue weighted by Crippen LogP contribution is -2.63. The van der Waals surface area contributed by atoms with Gasteiger partial charge in [0.1, 0.15) is 18.1 Å². The minimum absolute atomic E-state index is 0.0921. The number of aliphatic hydroxyl groups is 1. The molecule has 2 aliphatic rings. The van der Waals surface area contributed by atoms with Crippen LogP contribution in [0, 0.1) is 5.92 Å². The number of fused-ring (bicyclic) bond motifs is 1. The molecular weight excluding hydrogens is 441 g/mol. The molecule has 0 bridgehead atoms. The lowest BCUT2D eigenvalue weighted by atomic mass is 9.84. The molecule has 3 rings (SSSR count). The van der Waals surface area contributed by atoms with Gasteiger partial charge in [0.05, 0.1) is 13.0 Å². The minimum Gasteiger partial charge on any atom is -0.481 e. The summed E-state index contributed by atoms with van der Waals surface area (Å²) in [5.41, 5.74) is 0.672. The number of carboxylic acids is 1. The van der Waals surface area contributed by atoms with Crippen LogP contribution in [0.2, 0.25) is 0 Å². The van der Waals surface area contributed by atoms with Gasteiger partial charge in [0.15, 0.2) is 5.78 Å². The Morgan fingerprint density at radius 3 is 2.76 bits per heavy atom. The molecule has 1 aliphatic carbocycles. The number of hydrogen-bond donors (Lipinski definition) is 4. The number of aliphatic hydroxyl groups excluding tert-OH is 1. The number of likely N-dealkylation sites (N-methyl/N-ethyl adjacent to an activating group) is 1. The van der Waals surface area contributed by atoms with E-state index in [1.54, 1.807) is 31.3 Å². The zero-order valence-electron chi connectivity index (χ0n) is 19.1. The van der Waals surface area contributed by atoms with Gasteiger partial charge in [-0.05, 0) is 49.1 Å². The van der Waals surface area contributed by atoms with E-state index >= 15 is 0 Å². The molecule has 0 fully saturated rings. The predicted molar refractivity (Wildman–Crippen MR) is 125 cm³/mol. The third-order valence-electron chi connectivity index (χ3n) is 6.15. The second kappa shape index (κ2) is 11.3. The van der Waals surface area contributed by atoms with Gasteiger partial charge in [-0.15, -0.1) is 0 Å². The highest BCUT2D eigenvalue weighted by Gasteiger charge is 2.41. The molecule has 1 aromatic carbocycles. The molecule has 9 heteroatoms. The van der Waals surface area contributed by atoms with E-state index in [1.165, 1.54) is 12.2 Å². The topological polar surface area (TPSA) is 119 Å². The van der Waals surface area contributed by atoms with Crippen molar-refractivity contribution < 1.29 is 29.0 Å². The van der Waals surface area contributed by atoms with Crippen LogP contribution >= 0.6 is 0 Å². The average molecular weight is 472 g/mol. The first-order valence-electron chi connectivity index (χ1n) is 11.1. The standard InChI is InChI=1S/C25H30FN3O5/c1-27-25(24(34)28-16-30,12-17-4-2-3-5-20(26)8-6-17)15-29-13-19-10-18(11-23(32)33)7-9-21(19)22(31)14-29/h2,4-10,17,27,30H,3,11-16H2,1H3,(H,28,34)(H,32,33)/b4-2?,8-6?,20-5+. The van der Waals surface area contributed by atoms with Crippen LogP contribution in [0.4, 0.5) is 4.39 Å². The quantitative estimate of drug-likeness (QED) is 0.320. The van der Waals surface area contributed by atoms with Gasteiger partial charge in [-0.25, -0.2) is 4.39 Å². The monoisotopic (exact) mass is 471 g/mol. The molecule has 0 saturated carbocycles. The number of allylic oxidation sites excluding steroid dienone is 6. The van der Waals surface area contributed by atoms with E-state index < -0.39 is 24.1 Å². The van der Waals surface area contributed by atoms with E-state index in [4.69, 9.17) is 5.11 Å². The van der Waals surface area contributed by atoms with Crippen LogP contribution in [-0.2, 0) is 22.6 Å². The summed E-state index contributed by atoms with van der Waals surface area (Å²) in [6, 6.07) is 5.02. The number of rotatable bonds is 9. The molecule has 4 N–H and O–H groups in total. The summed E-state index contributed by atoms with van der Waals surface area (Å²) in [5.74, 6) is -2.12. The highest BCUT2D eigenvalue weighted by molar-refractivity contribution is 6.00. The maximum atomic E-state index is 13.8. The van der Waals surface area contributed by atoms with Crippen LogP contribution in [-0.4, -0.2) is 65.2 Å². The summed E-state index contributed by atoms with van der Waals surface area (Å²) in [7, 11) is 1.64. The fourth-order valence-electron chi connectivity index (χ4n) is 4.50. The van der Waals surface area contributed by atoms with Gasteiger partial charge < -0.3 is 20.8 Å². The second-order valence-electron chi connectivity index (χ2n) is 8.61. The zero-order valence-corrected chi connectivity index (χ0v) is 19.1. The van der Waals surface area contributed by atoms with Gasteiger partial charge in [0, 0.05) is 18.7 Å². The summed E-state index contributed by atoms with van der Waals surface area (Å²) in [4.78, 5) is 38.9. The summed E-state index contributed by atoms with van der Waals surface area (Å²) in [5, 5.41) is 24.0. The average Bonchev–Trinajstić information content (AvgIpc) is 2.77. The first kappa shape index (κ1) is 25.5. The molecule has 34 heavy (non-hydrogen) atoms. The van der Waals surface area contributed by atoms with E-state index in [2.05, 4.69) is 10.6 Å². The fraction of sp³-hybridized carbons (Fsp3) is 0.400. The number of hydrogen-bond acceptors (Lipinski definition) is 6. The Morgan fingerprint density at radius 2 is 2.06 bits per heavy atom. The van der Waals surface area contributed by atoms with Crippen molar-refractivity contribution in [1.82, 2.24) is 15.5 Å². The molecule has 1 aliphatic heterocycles. The van der Waals surface area contributed by atoms with Gasteiger partial charge in [-0.1, -0.05) is 36.4 Å². The number of carbonyl (C=O) groups excluding carboxylic acids is 2. The second-order valence-corrected chi connectivity index (χ2v) is 8.61. The molecule has 2 atom stereocenters. The number of carbonyl (C=O) groups is 3. The number of benzene rings is 1. The van der Waals surface area contributed by atoms with Gasteiger partial charge >= 0.3 is 5.97 Å². The largest absolute Gasteiger partial charge is 0.481 e. The highest BCUT2D eigenvalue weighted by Crippen LogP contribution is 2.27. The smallest absolute Gasteiger partial charge is 0.307 e. The summed E-state index contributed by atoms with van der Waals surface area (Å²) in [6.45, 7) is 0.0589. The number of ketones is 1. The van der Waals surface area contributed by atoms with Crippen LogP contribution in [0.15, 0.2) is 54.4 Å². The van der Waals surface area contributed by atoms with Crippen molar-refractivity contribution in [2.45, 2.75) is 31.3 Å². The van der Waals surface area contributed by atoms with Crippen LogP contribution < -0.4 is 10.6 Å². The van der Waals surface area contributed by atoms with Crippen LogP contribution in [0.1, 0.15) is 34.3 Å². The van der Waals surface area contributed by atoms with E-state index in [1.807, 2.05) is 17.1 Å². The van der Waals surface area contributed by atoms with Gasteiger partial charge in [0.25, 0.3) is 0 Å². The van der Waals surface area contributed by atoms with Crippen molar-refractivity contribution in [1.29, 1.82) is 0 Å². The summed E-state index contributed by atoms with van der Waals surface area (Å²) >= 11 is 0. The summed E-state index contributed by atoms with van der Waals surface area (Å²) in [6.07, 6.45) is 8.84. The number of nitrogens with one attached hydrogen (secondary N) is 2. The zero-order chi connectivity index (χ0) is 24.7.